The van der Waals surface area contributed by atoms with Gasteiger partial charge in [-0.15, -0.1) is 0 Å². The Morgan fingerprint density at radius 1 is 0.750 bits per heavy atom. The van der Waals surface area contributed by atoms with Crippen molar-refractivity contribution in [3.05, 3.63) is 0 Å². The molecule has 16 heavy (non-hydrogen) atoms. The van der Waals surface area contributed by atoms with Crippen molar-refractivity contribution in [2.24, 2.45) is 0 Å². The summed E-state index contributed by atoms with van der Waals surface area (Å²) >= 11 is -4.69. The second kappa shape index (κ2) is 5.38. The molecule has 0 aliphatic carbocycles. The quantitative estimate of drug-likeness (QED) is 0.379. The molecule has 97 valence electrons. The number of hydrogen-bond donors (Lipinski definition) is 0. The number of carbonyl (C=O) groups is 4. The Balaban J connectivity index is 6.23. The van der Waals surface area contributed by atoms with E-state index in [-0.39, 0.29) is 0 Å². The van der Waals surface area contributed by atoms with E-state index >= 15 is 0 Å². The van der Waals surface area contributed by atoms with Gasteiger partial charge in [0.05, 0.1) is 0 Å². The summed E-state index contributed by atoms with van der Waals surface area (Å²) in [4.78, 5) is 47.3. The summed E-state index contributed by atoms with van der Waals surface area (Å²) in [6.07, 6.45) is 1.87. The Bertz CT molecular complexity index is 260. The molecule has 0 N–H and O–H groups in total. The van der Waals surface area contributed by atoms with Crippen molar-refractivity contribution < 1.29 is 32.3 Å². The summed E-state index contributed by atoms with van der Waals surface area (Å²) in [5.41, 5.74) is -2.44. The van der Waals surface area contributed by atoms with Gasteiger partial charge in [0.25, 0.3) is 0 Å². The van der Waals surface area contributed by atoms with E-state index in [9.17, 15) is 19.2 Å². The van der Waals surface area contributed by atoms with Gasteiger partial charge < -0.3 is 0 Å². The van der Waals surface area contributed by atoms with Crippen LogP contribution in [0.3, 0.4) is 0 Å². The predicted molar refractivity (Wildman–Crippen MR) is 66.9 cm³/mol. The fourth-order valence-electron chi connectivity index (χ4n) is 2.09. The molecule has 0 aromatic heterocycles. The Kier molecular flexibility index (Phi) is 5.29. The zero-order valence-corrected chi connectivity index (χ0v) is 12.7. The number of carbonyl (C=O) groups excluding carboxylic acids is 4. The van der Waals surface area contributed by atoms with Gasteiger partial charge >= 0.3 is 96.7 Å². The Morgan fingerprint density at radius 2 is 1.00 bits per heavy atom. The van der Waals surface area contributed by atoms with Crippen LogP contribution in [0.15, 0.2) is 0 Å². The SMILES string of the molecule is CC[PH](CC)(CC)[Ru]([CH]=O)([CH]=O)([CH]=O)[CH]=O. The predicted octanol–water partition coefficient (Wildman–Crippen LogP) is 1.16. The van der Waals surface area contributed by atoms with Crippen LogP contribution in [0.2, 0.25) is 0 Å². The molecule has 6 heteroatoms. The molecule has 0 spiro atoms. The van der Waals surface area contributed by atoms with E-state index in [1.54, 1.807) is 0 Å². The van der Waals surface area contributed by atoms with Crippen LogP contribution in [0.25, 0.3) is 0 Å². The minimum absolute atomic E-state index is 0.437. The molecule has 0 fully saturated rings. The summed E-state index contributed by atoms with van der Waals surface area (Å²) < 4.78 is 0. The summed E-state index contributed by atoms with van der Waals surface area (Å²) in [6, 6.07) is 0. The Hall–Kier alpha value is -0.267. The first-order valence-corrected chi connectivity index (χ1v) is 14.2. The topological polar surface area (TPSA) is 68.3 Å². The minimum atomic E-state index is -4.69. The van der Waals surface area contributed by atoms with Crippen LogP contribution in [0.5, 0.6) is 0 Å². The summed E-state index contributed by atoms with van der Waals surface area (Å²) in [5, 5.41) is 0. The molecule has 0 aromatic rings. The fourth-order valence-corrected chi connectivity index (χ4v) is 24.6. The zero-order chi connectivity index (χ0) is 12.9. The first-order valence-electron chi connectivity index (χ1n) is 5.12. The van der Waals surface area contributed by atoms with Crippen LogP contribution in [-0.2, 0) is 32.3 Å². The molecule has 4 nitrogen and oxygen atoms in total. The summed E-state index contributed by atoms with van der Waals surface area (Å²) in [5.74, 6) is 0. The molecule has 0 unspecified atom stereocenters. The second-order valence-corrected chi connectivity index (χ2v) is 25.5. The molecule has 0 saturated carbocycles. The molecule has 0 heterocycles. The zero-order valence-electron chi connectivity index (χ0n) is 9.92. The molecule has 0 saturated heterocycles. The van der Waals surface area contributed by atoms with Gasteiger partial charge in [-0.05, 0) is 0 Å². The van der Waals surface area contributed by atoms with Crippen molar-refractivity contribution in [2.75, 3.05) is 18.5 Å². The molecule has 0 aliphatic rings. The molecule has 0 bridgehead atoms. The van der Waals surface area contributed by atoms with Gasteiger partial charge in [0.2, 0.25) is 0 Å². The summed E-state index contributed by atoms with van der Waals surface area (Å²) in [6.45, 7) is 5.62. The average molecular weight is 336 g/mol. The van der Waals surface area contributed by atoms with Gasteiger partial charge in [-0.3, -0.25) is 0 Å². The second-order valence-electron chi connectivity index (χ2n) is 3.63. The third-order valence-electron chi connectivity index (χ3n) is 3.49. The van der Waals surface area contributed by atoms with Gasteiger partial charge in [-0.1, -0.05) is 0 Å². The van der Waals surface area contributed by atoms with Gasteiger partial charge in [-0.25, -0.2) is 0 Å². The van der Waals surface area contributed by atoms with E-state index in [4.69, 9.17) is 0 Å². The van der Waals surface area contributed by atoms with Crippen molar-refractivity contribution in [1.29, 1.82) is 0 Å². The molecule has 0 aliphatic heterocycles. The van der Waals surface area contributed by atoms with E-state index in [0.717, 1.165) is 0 Å². The normalized spacial score (nSPS) is 15.6. The summed E-state index contributed by atoms with van der Waals surface area (Å²) in [7, 11) is 0. The molecule has 0 radical (unpaired) electrons. The van der Waals surface area contributed by atoms with Crippen molar-refractivity contribution in [2.45, 2.75) is 20.8 Å². The molecule has 0 atom stereocenters. The van der Waals surface area contributed by atoms with E-state index in [0.29, 0.717) is 38.0 Å². The van der Waals surface area contributed by atoms with Crippen LogP contribution in [-0.4, -0.2) is 38.0 Å². The van der Waals surface area contributed by atoms with Crippen LogP contribution in [0, 0.1) is 0 Å². The third kappa shape index (κ3) is 1.65. The number of rotatable bonds is 8. The molecule has 0 amide bonds. The Morgan fingerprint density at radius 3 is 1.06 bits per heavy atom. The molecule has 0 rings (SSSR count). The van der Waals surface area contributed by atoms with Crippen molar-refractivity contribution in [1.82, 2.24) is 0 Å². The van der Waals surface area contributed by atoms with Crippen LogP contribution in [0.1, 0.15) is 20.8 Å². The van der Waals surface area contributed by atoms with E-state index < -0.39 is 18.7 Å². The van der Waals surface area contributed by atoms with Crippen molar-refractivity contribution >= 4 is 25.1 Å². The molecular formula is C10H20O4PRu. The molecular weight excluding hydrogens is 316 g/mol. The maximum absolute atomic E-state index is 11.4. The maximum atomic E-state index is 11.4. The third-order valence-corrected chi connectivity index (χ3v) is 32.9. The van der Waals surface area contributed by atoms with E-state index in [1.807, 2.05) is 20.8 Å². The number of hydrogen-bond acceptors (Lipinski definition) is 4. The van der Waals surface area contributed by atoms with Crippen molar-refractivity contribution in [3.8, 4) is 0 Å². The fraction of sp³-hybridized carbons (Fsp3) is 0.600. The van der Waals surface area contributed by atoms with Gasteiger partial charge in [0.1, 0.15) is 0 Å². The Labute approximate surface area is 96.8 Å². The van der Waals surface area contributed by atoms with Gasteiger partial charge in [0.15, 0.2) is 0 Å². The van der Waals surface area contributed by atoms with E-state index in [2.05, 4.69) is 0 Å². The van der Waals surface area contributed by atoms with Gasteiger partial charge in [0, 0.05) is 0 Å². The standard InChI is InChI=1S/C6H15P.4CHO.Ru/c1-4-7(5-2)6-3;4*1-2;/h4-6H2,1-3H3;4*1H;/q;;;;;-1/p+1. The van der Waals surface area contributed by atoms with Crippen LogP contribution < -0.4 is 0 Å². The first-order chi connectivity index (χ1) is 7.50. The van der Waals surface area contributed by atoms with Crippen molar-refractivity contribution in [3.63, 3.8) is 0 Å². The van der Waals surface area contributed by atoms with Crippen LogP contribution in [0.4, 0.5) is 0 Å². The monoisotopic (exact) mass is 337 g/mol. The van der Waals surface area contributed by atoms with Crippen LogP contribution >= 0.6 is 5.59 Å². The van der Waals surface area contributed by atoms with Gasteiger partial charge in [-0.2, -0.15) is 0 Å². The molecule has 0 aromatic carbocycles. The average Bonchev–Trinajstić information content (AvgIpc) is 2.38. The van der Waals surface area contributed by atoms with E-state index in [1.165, 1.54) is 0 Å². The first kappa shape index (κ1) is 15.7.